The Labute approximate surface area is 122 Å². The van der Waals surface area contributed by atoms with Gasteiger partial charge in [0.05, 0.1) is 7.11 Å². The minimum atomic E-state index is 0.740. The molecule has 1 aliphatic heterocycles. The second-order valence-corrected chi connectivity index (χ2v) is 6.54. The number of ether oxygens (including phenoxy) is 1. The molecule has 1 saturated carbocycles. The minimum Gasteiger partial charge on any atom is -0.496 e. The molecular formula is C18H27NO. The maximum absolute atomic E-state index is 5.40. The lowest BCUT2D eigenvalue weighted by molar-refractivity contribution is 0.231. The number of benzene rings is 1. The molecule has 0 aromatic heterocycles. The normalized spacial score (nSPS) is 27.7. The summed E-state index contributed by atoms with van der Waals surface area (Å²) in [7, 11) is 1.76. The van der Waals surface area contributed by atoms with E-state index in [2.05, 4.69) is 30.4 Å². The third kappa shape index (κ3) is 2.71. The van der Waals surface area contributed by atoms with Crippen LogP contribution >= 0.6 is 0 Å². The molecule has 2 atom stereocenters. The van der Waals surface area contributed by atoms with Gasteiger partial charge in [-0.15, -0.1) is 0 Å². The number of methoxy groups -OCH3 is 1. The van der Waals surface area contributed by atoms with Crippen molar-refractivity contribution in [3.8, 4) is 5.75 Å². The van der Waals surface area contributed by atoms with Gasteiger partial charge in [-0.2, -0.15) is 0 Å². The zero-order valence-corrected chi connectivity index (χ0v) is 12.8. The molecule has 110 valence electrons. The number of rotatable bonds is 3. The monoisotopic (exact) mass is 273 g/mol. The van der Waals surface area contributed by atoms with Crippen LogP contribution in [0.5, 0.6) is 5.75 Å². The molecule has 0 spiro atoms. The van der Waals surface area contributed by atoms with Crippen LogP contribution in [0, 0.1) is 18.8 Å². The van der Waals surface area contributed by atoms with E-state index in [0.717, 1.165) is 23.5 Å². The Morgan fingerprint density at radius 1 is 1.15 bits per heavy atom. The number of hydrogen-bond donors (Lipinski definition) is 1. The average Bonchev–Trinajstić information content (AvgIpc) is 3.01. The third-order valence-electron chi connectivity index (χ3n) is 5.38. The SMILES string of the molecule is COc1ccc(C2CCNCC2C2CCCC2)cc1C. The molecule has 20 heavy (non-hydrogen) atoms. The molecule has 2 unspecified atom stereocenters. The first-order chi connectivity index (χ1) is 9.79. The zero-order valence-electron chi connectivity index (χ0n) is 12.8. The van der Waals surface area contributed by atoms with Gasteiger partial charge in [-0.1, -0.05) is 37.8 Å². The maximum atomic E-state index is 5.40. The molecule has 2 fully saturated rings. The lowest BCUT2D eigenvalue weighted by atomic mass is 9.73. The van der Waals surface area contributed by atoms with E-state index in [9.17, 15) is 0 Å². The molecular weight excluding hydrogens is 246 g/mol. The molecule has 1 aromatic carbocycles. The predicted octanol–water partition coefficient (Wildman–Crippen LogP) is 3.89. The van der Waals surface area contributed by atoms with Gasteiger partial charge in [-0.25, -0.2) is 0 Å². The Bertz CT molecular complexity index is 451. The van der Waals surface area contributed by atoms with Crippen molar-refractivity contribution in [2.24, 2.45) is 11.8 Å². The molecule has 1 N–H and O–H groups in total. The van der Waals surface area contributed by atoms with Crippen LogP contribution in [0.3, 0.4) is 0 Å². The molecule has 1 saturated heterocycles. The van der Waals surface area contributed by atoms with Crippen LogP contribution in [-0.4, -0.2) is 20.2 Å². The highest BCUT2D eigenvalue weighted by atomic mass is 16.5. The van der Waals surface area contributed by atoms with E-state index in [0.29, 0.717) is 0 Å². The van der Waals surface area contributed by atoms with Gasteiger partial charge in [-0.05, 0) is 61.4 Å². The van der Waals surface area contributed by atoms with Crippen LogP contribution in [0.2, 0.25) is 0 Å². The molecule has 2 aliphatic rings. The van der Waals surface area contributed by atoms with E-state index >= 15 is 0 Å². The Balaban J connectivity index is 1.83. The van der Waals surface area contributed by atoms with E-state index in [-0.39, 0.29) is 0 Å². The minimum absolute atomic E-state index is 0.740. The fraction of sp³-hybridized carbons (Fsp3) is 0.667. The van der Waals surface area contributed by atoms with Gasteiger partial charge >= 0.3 is 0 Å². The van der Waals surface area contributed by atoms with E-state index in [1.54, 1.807) is 7.11 Å². The highest BCUT2D eigenvalue weighted by Gasteiger charge is 2.34. The van der Waals surface area contributed by atoms with Gasteiger partial charge in [-0.3, -0.25) is 0 Å². The number of nitrogens with one attached hydrogen (secondary N) is 1. The van der Waals surface area contributed by atoms with Gasteiger partial charge < -0.3 is 10.1 Å². The topological polar surface area (TPSA) is 21.3 Å². The van der Waals surface area contributed by atoms with Crippen molar-refractivity contribution in [1.82, 2.24) is 5.32 Å². The summed E-state index contributed by atoms with van der Waals surface area (Å²) >= 11 is 0. The summed E-state index contributed by atoms with van der Waals surface area (Å²) in [6.45, 7) is 4.54. The fourth-order valence-corrected chi connectivity index (χ4v) is 4.31. The van der Waals surface area contributed by atoms with Gasteiger partial charge in [0.15, 0.2) is 0 Å². The van der Waals surface area contributed by atoms with Gasteiger partial charge in [0.25, 0.3) is 0 Å². The van der Waals surface area contributed by atoms with Crippen molar-refractivity contribution in [2.75, 3.05) is 20.2 Å². The summed E-state index contributed by atoms with van der Waals surface area (Å²) in [6, 6.07) is 6.80. The largest absolute Gasteiger partial charge is 0.496 e. The summed E-state index contributed by atoms with van der Waals surface area (Å²) in [5.74, 6) is 3.53. The van der Waals surface area contributed by atoms with Gasteiger partial charge in [0.2, 0.25) is 0 Å². The van der Waals surface area contributed by atoms with Crippen molar-refractivity contribution < 1.29 is 4.74 Å². The molecule has 0 amide bonds. The van der Waals surface area contributed by atoms with Gasteiger partial charge in [0, 0.05) is 0 Å². The van der Waals surface area contributed by atoms with Crippen molar-refractivity contribution in [3.05, 3.63) is 29.3 Å². The summed E-state index contributed by atoms with van der Waals surface area (Å²) in [4.78, 5) is 0. The van der Waals surface area contributed by atoms with Crippen LogP contribution in [0.15, 0.2) is 18.2 Å². The van der Waals surface area contributed by atoms with Crippen molar-refractivity contribution in [1.29, 1.82) is 0 Å². The zero-order chi connectivity index (χ0) is 13.9. The Kier molecular flexibility index (Phi) is 4.30. The first-order valence-corrected chi connectivity index (χ1v) is 8.15. The molecule has 0 radical (unpaired) electrons. The van der Waals surface area contributed by atoms with Gasteiger partial charge in [0.1, 0.15) is 5.75 Å². The second-order valence-electron chi connectivity index (χ2n) is 6.54. The Hall–Kier alpha value is -1.02. The molecule has 2 heteroatoms. The molecule has 0 bridgehead atoms. The number of piperidine rings is 1. The van der Waals surface area contributed by atoms with Crippen molar-refractivity contribution in [3.63, 3.8) is 0 Å². The lowest BCUT2D eigenvalue weighted by Gasteiger charge is -2.36. The average molecular weight is 273 g/mol. The highest BCUT2D eigenvalue weighted by Crippen LogP contribution is 2.42. The quantitative estimate of drug-likeness (QED) is 0.902. The highest BCUT2D eigenvalue weighted by molar-refractivity contribution is 5.38. The predicted molar refractivity (Wildman–Crippen MR) is 83.4 cm³/mol. The molecule has 2 nitrogen and oxygen atoms in total. The number of hydrogen-bond acceptors (Lipinski definition) is 2. The Morgan fingerprint density at radius 3 is 2.65 bits per heavy atom. The van der Waals surface area contributed by atoms with Crippen molar-refractivity contribution in [2.45, 2.75) is 44.9 Å². The van der Waals surface area contributed by atoms with E-state index < -0.39 is 0 Å². The summed E-state index contributed by atoms with van der Waals surface area (Å²) in [5, 5.41) is 3.62. The first kappa shape index (κ1) is 13.9. The van der Waals surface area contributed by atoms with E-state index in [1.807, 2.05) is 0 Å². The Morgan fingerprint density at radius 2 is 1.95 bits per heavy atom. The standard InChI is InChI=1S/C18H27NO/c1-13-11-15(7-8-18(13)20-2)16-9-10-19-12-17(16)14-5-3-4-6-14/h7-8,11,14,16-17,19H,3-6,9-10,12H2,1-2H3. The summed E-state index contributed by atoms with van der Waals surface area (Å²) in [5.41, 5.74) is 2.80. The molecule has 1 aliphatic carbocycles. The van der Waals surface area contributed by atoms with Crippen LogP contribution in [0.1, 0.15) is 49.1 Å². The molecule has 1 aromatic rings. The second kappa shape index (κ2) is 6.17. The van der Waals surface area contributed by atoms with Crippen LogP contribution in [0.4, 0.5) is 0 Å². The van der Waals surface area contributed by atoms with Crippen LogP contribution < -0.4 is 10.1 Å². The lowest BCUT2D eigenvalue weighted by Crippen LogP contribution is -2.38. The smallest absolute Gasteiger partial charge is 0.121 e. The van der Waals surface area contributed by atoms with Crippen molar-refractivity contribution >= 4 is 0 Å². The molecule has 1 heterocycles. The third-order valence-corrected chi connectivity index (χ3v) is 5.38. The van der Waals surface area contributed by atoms with E-state index in [4.69, 9.17) is 4.74 Å². The first-order valence-electron chi connectivity index (χ1n) is 8.15. The van der Waals surface area contributed by atoms with Crippen LogP contribution in [-0.2, 0) is 0 Å². The summed E-state index contributed by atoms with van der Waals surface area (Å²) < 4.78 is 5.40. The molecule has 3 rings (SSSR count). The fourth-order valence-electron chi connectivity index (χ4n) is 4.31. The number of aryl methyl sites for hydroxylation is 1. The summed E-state index contributed by atoms with van der Waals surface area (Å²) in [6.07, 6.45) is 7.05. The van der Waals surface area contributed by atoms with E-state index in [1.165, 1.54) is 56.3 Å². The van der Waals surface area contributed by atoms with Crippen LogP contribution in [0.25, 0.3) is 0 Å². The maximum Gasteiger partial charge on any atom is 0.121 e.